The molecule has 0 saturated heterocycles. The lowest BCUT2D eigenvalue weighted by atomic mass is 10.1. The molecule has 0 saturated carbocycles. The fraction of sp³-hybridized carbons (Fsp3) is 1.00. The molecule has 160 valence electrons. The van der Waals surface area contributed by atoms with Gasteiger partial charge in [0.2, 0.25) is 0 Å². The topological polar surface area (TPSA) is 49.7 Å². The first-order valence-electron chi connectivity index (χ1n) is 10.8. The largest absolute Gasteiger partial charge is 1.00 e. The van der Waals surface area contributed by atoms with Crippen molar-refractivity contribution in [2.75, 3.05) is 53.1 Å². The Balaban J connectivity index is 0. The molecule has 0 spiro atoms. The van der Waals surface area contributed by atoms with Gasteiger partial charge in [-0.3, -0.25) is 0 Å². The smallest absolute Gasteiger partial charge is 0.102 e. The predicted molar refractivity (Wildman–Crippen MR) is 107 cm³/mol. The van der Waals surface area contributed by atoms with Crippen LogP contribution in [0.2, 0.25) is 0 Å². The van der Waals surface area contributed by atoms with E-state index >= 15 is 0 Å². The summed E-state index contributed by atoms with van der Waals surface area (Å²) in [5.74, 6) is 0. The van der Waals surface area contributed by atoms with E-state index in [0.29, 0.717) is 13.1 Å². The summed E-state index contributed by atoms with van der Waals surface area (Å²) in [6, 6.07) is 0. The van der Waals surface area contributed by atoms with E-state index in [1.165, 1.54) is 70.6 Å². The Hall–Kier alpha value is 0.130. The number of likely N-dealkylation sites (N-methyl/N-ethyl adjacent to an activating group) is 1. The van der Waals surface area contributed by atoms with E-state index in [4.69, 9.17) is 14.9 Å². The summed E-state index contributed by atoms with van der Waals surface area (Å²) in [6.45, 7) is 6.67. The third-order valence-electron chi connectivity index (χ3n) is 5.16. The fourth-order valence-corrected chi connectivity index (χ4v) is 3.34. The van der Waals surface area contributed by atoms with Gasteiger partial charge in [-0.15, -0.1) is 0 Å². The molecule has 0 aliphatic carbocycles. The van der Waals surface area contributed by atoms with Crippen molar-refractivity contribution < 1.29 is 31.8 Å². The van der Waals surface area contributed by atoms with Crippen molar-refractivity contribution in [2.24, 2.45) is 0 Å². The maximum absolute atomic E-state index is 9.13. The molecule has 0 aliphatic heterocycles. The van der Waals surface area contributed by atoms with Crippen LogP contribution in [0.3, 0.4) is 0 Å². The van der Waals surface area contributed by atoms with Crippen LogP contribution in [0.5, 0.6) is 0 Å². The molecule has 0 aliphatic rings. The number of unbranched alkanes of at least 4 members (excludes halogenated alkanes) is 10. The molecule has 0 bridgehead atoms. The molecule has 0 aromatic rings. The highest BCUT2D eigenvalue weighted by atomic mass is 35.5. The summed E-state index contributed by atoms with van der Waals surface area (Å²) in [5, 5.41) is 18.3. The zero-order chi connectivity index (χ0) is 18.6. The molecule has 26 heavy (non-hydrogen) atoms. The molecule has 0 unspecified atom stereocenters. The highest BCUT2D eigenvalue weighted by Gasteiger charge is 2.19. The second-order valence-electron chi connectivity index (χ2n) is 7.74. The van der Waals surface area contributed by atoms with Crippen LogP contribution >= 0.6 is 0 Å². The van der Waals surface area contributed by atoms with Gasteiger partial charge in [0.05, 0.1) is 33.4 Å². The zero-order valence-corrected chi connectivity index (χ0v) is 18.3. The minimum atomic E-state index is 0. The lowest BCUT2D eigenvalue weighted by molar-refractivity contribution is -0.910. The van der Waals surface area contributed by atoms with E-state index in [1.807, 2.05) is 0 Å². The minimum Gasteiger partial charge on any atom is -1.00 e. The average molecular weight is 396 g/mol. The number of ether oxygens (including phenoxy) is 1. The molecular weight excluding hydrogens is 350 g/mol. The Labute approximate surface area is 169 Å². The summed E-state index contributed by atoms with van der Waals surface area (Å²) in [5.41, 5.74) is 0. The third-order valence-corrected chi connectivity index (χ3v) is 5.16. The van der Waals surface area contributed by atoms with Crippen molar-refractivity contribution in [1.82, 2.24) is 0 Å². The van der Waals surface area contributed by atoms with E-state index in [0.717, 1.165) is 30.7 Å². The van der Waals surface area contributed by atoms with Crippen LogP contribution in [0.15, 0.2) is 0 Å². The molecule has 0 atom stereocenters. The van der Waals surface area contributed by atoms with Crippen LogP contribution in [-0.4, -0.2) is 67.8 Å². The first-order valence-corrected chi connectivity index (χ1v) is 10.8. The van der Waals surface area contributed by atoms with Gasteiger partial charge in [0.1, 0.15) is 13.1 Å². The van der Waals surface area contributed by atoms with Crippen molar-refractivity contribution in [3.8, 4) is 0 Å². The summed E-state index contributed by atoms with van der Waals surface area (Å²) in [6.07, 6.45) is 16.0. The van der Waals surface area contributed by atoms with Crippen molar-refractivity contribution in [2.45, 2.75) is 84.0 Å². The van der Waals surface area contributed by atoms with Crippen LogP contribution in [0, 0.1) is 0 Å². The maximum atomic E-state index is 9.13. The number of aliphatic hydroxyl groups excluding tert-OH is 2. The first kappa shape index (κ1) is 28.3. The standard InChI is InChI=1S/C21H46NO3.ClH/c1-3-4-5-6-7-8-9-10-11-12-13-20-25-21-14-15-22(2,16-18-23)17-19-24;/h23-24H,3-21H2,1-2H3;1H/q+1;/p-1. The van der Waals surface area contributed by atoms with Gasteiger partial charge in [-0.25, -0.2) is 0 Å². The van der Waals surface area contributed by atoms with Gasteiger partial charge >= 0.3 is 0 Å². The monoisotopic (exact) mass is 395 g/mol. The Morgan fingerprint density at radius 3 is 1.50 bits per heavy atom. The zero-order valence-electron chi connectivity index (χ0n) is 17.6. The normalized spacial score (nSPS) is 11.5. The van der Waals surface area contributed by atoms with Gasteiger partial charge in [0.25, 0.3) is 0 Å². The lowest BCUT2D eigenvalue weighted by Gasteiger charge is -2.33. The minimum absolute atomic E-state index is 0. The summed E-state index contributed by atoms with van der Waals surface area (Å²) >= 11 is 0. The van der Waals surface area contributed by atoms with Crippen LogP contribution in [-0.2, 0) is 4.74 Å². The Morgan fingerprint density at radius 2 is 1.04 bits per heavy atom. The molecule has 0 heterocycles. The number of aliphatic hydroxyl groups is 2. The molecule has 0 aromatic heterocycles. The quantitative estimate of drug-likeness (QED) is 0.240. The molecule has 2 N–H and O–H groups in total. The molecule has 0 rings (SSSR count). The summed E-state index contributed by atoms with van der Waals surface area (Å²) in [7, 11) is 2.09. The molecule has 0 radical (unpaired) electrons. The molecular formula is C21H46ClNO3. The fourth-order valence-electron chi connectivity index (χ4n) is 3.34. The second-order valence-corrected chi connectivity index (χ2v) is 7.74. The highest BCUT2D eigenvalue weighted by molar-refractivity contribution is 4.48. The number of halogens is 1. The van der Waals surface area contributed by atoms with Gasteiger partial charge in [-0.2, -0.15) is 0 Å². The third kappa shape index (κ3) is 18.9. The SMILES string of the molecule is CCCCCCCCCCCCCOCCC[N+](C)(CCO)CCO.[Cl-]. The first-order chi connectivity index (χ1) is 12.2. The van der Waals surface area contributed by atoms with Crippen molar-refractivity contribution in [1.29, 1.82) is 0 Å². The lowest BCUT2D eigenvalue weighted by Crippen LogP contribution is -3.00. The number of rotatable bonds is 20. The maximum Gasteiger partial charge on any atom is 0.102 e. The number of quaternary nitrogens is 1. The molecule has 0 fully saturated rings. The van der Waals surface area contributed by atoms with E-state index in [1.54, 1.807) is 0 Å². The highest BCUT2D eigenvalue weighted by Crippen LogP contribution is 2.11. The van der Waals surface area contributed by atoms with Crippen LogP contribution in [0.25, 0.3) is 0 Å². The summed E-state index contributed by atoms with van der Waals surface area (Å²) < 4.78 is 6.46. The van der Waals surface area contributed by atoms with E-state index < -0.39 is 0 Å². The molecule has 5 heteroatoms. The van der Waals surface area contributed by atoms with Gasteiger partial charge in [0, 0.05) is 13.0 Å². The van der Waals surface area contributed by atoms with Crippen molar-refractivity contribution in [3.05, 3.63) is 0 Å². The number of hydrogen-bond acceptors (Lipinski definition) is 3. The second kappa shape index (κ2) is 21.4. The Kier molecular flexibility index (Phi) is 23.4. The van der Waals surface area contributed by atoms with Crippen LogP contribution in [0.1, 0.15) is 84.0 Å². The number of nitrogens with zero attached hydrogens (tertiary/aromatic N) is 1. The van der Waals surface area contributed by atoms with Crippen LogP contribution in [0.4, 0.5) is 0 Å². The number of hydrogen-bond donors (Lipinski definition) is 2. The van der Waals surface area contributed by atoms with Gasteiger partial charge in [-0.1, -0.05) is 71.1 Å². The Morgan fingerprint density at radius 1 is 0.615 bits per heavy atom. The predicted octanol–water partition coefficient (Wildman–Crippen LogP) is 1.14. The van der Waals surface area contributed by atoms with E-state index in [9.17, 15) is 0 Å². The van der Waals surface area contributed by atoms with Crippen molar-refractivity contribution >= 4 is 0 Å². The Bertz CT molecular complexity index is 262. The van der Waals surface area contributed by atoms with E-state index in [-0.39, 0.29) is 25.6 Å². The van der Waals surface area contributed by atoms with Crippen LogP contribution < -0.4 is 12.4 Å². The van der Waals surface area contributed by atoms with E-state index in [2.05, 4.69) is 14.0 Å². The molecule has 0 aromatic carbocycles. The van der Waals surface area contributed by atoms with Gasteiger partial charge in [-0.05, 0) is 6.42 Å². The molecule has 0 amide bonds. The van der Waals surface area contributed by atoms with Crippen molar-refractivity contribution in [3.63, 3.8) is 0 Å². The van der Waals surface area contributed by atoms with Gasteiger partial charge in [0.15, 0.2) is 0 Å². The van der Waals surface area contributed by atoms with Gasteiger partial charge < -0.3 is 31.8 Å². The molecule has 4 nitrogen and oxygen atoms in total. The average Bonchev–Trinajstić information content (AvgIpc) is 2.59. The summed E-state index contributed by atoms with van der Waals surface area (Å²) in [4.78, 5) is 0.